The fourth-order valence-electron chi connectivity index (χ4n) is 2.03. The van der Waals surface area contributed by atoms with Crippen molar-refractivity contribution in [3.8, 4) is 0 Å². The minimum absolute atomic E-state index is 0.335. The van der Waals surface area contributed by atoms with E-state index in [0.717, 1.165) is 15.6 Å². The van der Waals surface area contributed by atoms with Gasteiger partial charge in [-0.05, 0) is 36.6 Å². The third kappa shape index (κ3) is 2.86. The highest BCUT2D eigenvalue weighted by Gasteiger charge is 2.23. The summed E-state index contributed by atoms with van der Waals surface area (Å²) in [6, 6.07) is 4.86. The predicted molar refractivity (Wildman–Crippen MR) is 77.6 cm³/mol. The van der Waals surface area contributed by atoms with Crippen LogP contribution in [0.2, 0.25) is 0 Å². The molecule has 2 aromatic carbocycles. The van der Waals surface area contributed by atoms with Gasteiger partial charge in [-0.3, -0.25) is 0 Å². The second-order valence-electron chi connectivity index (χ2n) is 4.60. The quantitative estimate of drug-likeness (QED) is 0.591. The predicted octanol–water partition coefficient (Wildman–Crippen LogP) is 5.81. The Morgan fingerprint density at radius 3 is 2.05 bits per heavy atom. The van der Waals surface area contributed by atoms with Gasteiger partial charge in [0.25, 0.3) is 0 Å². The van der Waals surface area contributed by atoms with E-state index >= 15 is 0 Å². The molecular formula is C15H11BrClF3. The van der Waals surface area contributed by atoms with Crippen molar-refractivity contribution >= 4 is 27.5 Å². The van der Waals surface area contributed by atoms with Crippen LogP contribution in [0.4, 0.5) is 13.2 Å². The molecule has 0 saturated carbocycles. The number of alkyl halides is 1. The molecule has 0 saturated heterocycles. The van der Waals surface area contributed by atoms with Crippen LogP contribution in [-0.2, 0) is 0 Å². The number of rotatable bonds is 2. The first-order valence-electron chi connectivity index (χ1n) is 5.86. The number of aryl methyl sites for hydroxylation is 2. The first-order chi connectivity index (χ1) is 9.31. The van der Waals surface area contributed by atoms with Crippen molar-refractivity contribution in [3.63, 3.8) is 0 Å². The van der Waals surface area contributed by atoms with Gasteiger partial charge in [-0.25, -0.2) is 13.2 Å². The van der Waals surface area contributed by atoms with E-state index in [9.17, 15) is 13.2 Å². The van der Waals surface area contributed by atoms with E-state index in [1.54, 1.807) is 13.0 Å². The van der Waals surface area contributed by atoms with E-state index in [2.05, 4.69) is 15.9 Å². The lowest BCUT2D eigenvalue weighted by Gasteiger charge is -2.16. The van der Waals surface area contributed by atoms with E-state index in [4.69, 9.17) is 11.6 Å². The molecule has 0 N–H and O–H groups in total. The van der Waals surface area contributed by atoms with Crippen molar-refractivity contribution in [1.29, 1.82) is 0 Å². The Balaban J connectivity index is 2.57. The van der Waals surface area contributed by atoms with Gasteiger partial charge < -0.3 is 0 Å². The number of hydrogen-bond acceptors (Lipinski definition) is 0. The Hall–Kier alpha value is -1.00. The molecule has 0 aliphatic rings. The van der Waals surface area contributed by atoms with Crippen LogP contribution in [-0.4, -0.2) is 0 Å². The number of halogens is 5. The van der Waals surface area contributed by atoms with E-state index in [0.29, 0.717) is 17.7 Å². The van der Waals surface area contributed by atoms with Crippen molar-refractivity contribution in [2.24, 2.45) is 0 Å². The first kappa shape index (κ1) is 15.4. The van der Waals surface area contributed by atoms with Crippen LogP contribution >= 0.6 is 27.5 Å². The zero-order chi connectivity index (χ0) is 15.0. The van der Waals surface area contributed by atoms with E-state index in [1.807, 2.05) is 13.0 Å². The van der Waals surface area contributed by atoms with Crippen molar-refractivity contribution < 1.29 is 13.2 Å². The Morgan fingerprint density at radius 2 is 1.50 bits per heavy atom. The molecule has 20 heavy (non-hydrogen) atoms. The Labute approximate surface area is 128 Å². The summed E-state index contributed by atoms with van der Waals surface area (Å²) >= 11 is 9.59. The zero-order valence-electron chi connectivity index (χ0n) is 10.8. The van der Waals surface area contributed by atoms with E-state index in [1.165, 1.54) is 0 Å². The molecule has 0 spiro atoms. The molecule has 106 valence electrons. The molecule has 0 radical (unpaired) electrons. The average molecular weight is 364 g/mol. The lowest BCUT2D eigenvalue weighted by atomic mass is 9.97. The SMILES string of the molecule is Cc1cc(C(Cl)c2c(F)cc(F)cc2F)c(C)cc1Br. The average Bonchev–Trinajstić information content (AvgIpc) is 2.32. The molecule has 0 aliphatic carbocycles. The molecule has 0 fully saturated rings. The summed E-state index contributed by atoms with van der Waals surface area (Å²) in [6.07, 6.45) is 0. The van der Waals surface area contributed by atoms with Crippen LogP contribution in [0.25, 0.3) is 0 Å². The van der Waals surface area contributed by atoms with Gasteiger partial charge >= 0.3 is 0 Å². The zero-order valence-corrected chi connectivity index (χ0v) is 13.1. The van der Waals surface area contributed by atoms with Crippen molar-refractivity contribution in [1.82, 2.24) is 0 Å². The van der Waals surface area contributed by atoms with Crippen LogP contribution in [0, 0.1) is 31.3 Å². The summed E-state index contributed by atoms with van der Waals surface area (Å²) in [6.45, 7) is 3.66. The van der Waals surface area contributed by atoms with Crippen LogP contribution < -0.4 is 0 Å². The van der Waals surface area contributed by atoms with E-state index in [-0.39, 0.29) is 5.56 Å². The van der Waals surface area contributed by atoms with Crippen LogP contribution in [0.15, 0.2) is 28.7 Å². The molecule has 1 atom stereocenters. The summed E-state index contributed by atoms with van der Waals surface area (Å²) in [7, 11) is 0. The Bertz CT molecular complexity index is 647. The normalized spacial score (nSPS) is 12.6. The summed E-state index contributed by atoms with van der Waals surface area (Å²) in [4.78, 5) is 0. The van der Waals surface area contributed by atoms with Crippen molar-refractivity contribution in [2.75, 3.05) is 0 Å². The van der Waals surface area contributed by atoms with Crippen molar-refractivity contribution in [3.05, 3.63) is 68.4 Å². The summed E-state index contributed by atoms with van der Waals surface area (Å²) in [5.74, 6) is -2.93. The summed E-state index contributed by atoms with van der Waals surface area (Å²) in [5, 5.41) is -1.01. The van der Waals surface area contributed by atoms with Gasteiger partial charge in [0.2, 0.25) is 0 Å². The molecule has 2 rings (SSSR count). The minimum atomic E-state index is -1.01. The fourth-order valence-corrected chi connectivity index (χ4v) is 2.93. The van der Waals surface area contributed by atoms with Gasteiger partial charge in [0.05, 0.1) is 5.38 Å². The largest absolute Gasteiger partial charge is 0.207 e. The van der Waals surface area contributed by atoms with Crippen LogP contribution in [0.1, 0.15) is 27.6 Å². The van der Waals surface area contributed by atoms with Gasteiger partial charge in [0.1, 0.15) is 17.5 Å². The smallest absolute Gasteiger partial charge is 0.134 e. The Kier molecular flexibility index (Phi) is 4.45. The highest BCUT2D eigenvalue weighted by Crippen LogP contribution is 2.36. The number of benzene rings is 2. The molecular weight excluding hydrogens is 353 g/mol. The monoisotopic (exact) mass is 362 g/mol. The number of hydrogen-bond donors (Lipinski definition) is 0. The van der Waals surface area contributed by atoms with Gasteiger partial charge in [0, 0.05) is 22.2 Å². The molecule has 5 heteroatoms. The molecule has 0 aromatic heterocycles. The van der Waals surface area contributed by atoms with Gasteiger partial charge in [-0.1, -0.05) is 22.0 Å². The van der Waals surface area contributed by atoms with Crippen LogP contribution in [0.5, 0.6) is 0 Å². The molecule has 0 aliphatic heterocycles. The lowest BCUT2D eigenvalue weighted by Crippen LogP contribution is -2.04. The van der Waals surface area contributed by atoms with Gasteiger partial charge in [-0.15, -0.1) is 11.6 Å². The lowest BCUT2D eigenvalue weighted by molar-refractivity contribution is 0.526. The minimum Gasteiger partial charge on any atom is -0.207 e. The molecule has 2 aromatic rings. The molecule has 1 unspecified atom stereocenters. The topological polar surface area (TPSA) is 0 Å². The standard InChI is InChI=1S/C15H11BrClF3/c1-7-4-11(16)8(2)3-10(7)15(17)14-12(19)5-9(18)6-13(14)20/h3-6,15H,1-2H3. The highest BCUT2D eigenvalue weighted by atomic mass is 79.9. The fraction of sp³-hybridized carbons (Fsp3) is 0.200. The molecule has 0 nitrogen and oxygen atoms in total. The first-order valence-corrected chi connectivity index (χ1v) is 7.09. The third-order valence-electron chi connectivity index (χ3n) is 3.12. The molecule has 0 bridgehead atoms. The van der Waals surface area contributed by atoms with Crippen molar-refractivity contribution in [2.45, 2.75) is 19.2 Å². The van der Waals surface area contributed by atoms with E-state index < -0.39 is 22.8 Å². The van der Waals surface area contributed by atoms with Crippen LogP contribution in [0.3, 0.4) is 0 Å². The maximum Gasteiger partial charge on any atom is 0.134 e. The maximum atomic E-state index is 13.8. The molecule has 0 amide bonds. The second-order valence-corrected chi connectivity index (χ2v) is 5.89. The summed E-state index contributed by atoms with van der Waals surface area (Å²) < 4.78 is 41.4. The Morgan fingerprint density at radius 1 is 0.950 bits per heavy atom. The summed E-state index contributed by atoms with van der Waals surface area (Å²) in [5.41, 5.74) is 1.96. The third-order valence-corrected chi connectivity index (χ3v) is 4.43. The molecule has 0 heterocycles. The maximum absolute atomic E-state index is 13.8. The highest BCUT2D eigenvalue weighted by molar-refractivity contribution is 9.10. The van der Waals surface area contributed by atoms with Gasteiger partial charge in [-0.2, -0.15) is 0 Å². The van der Waals surface area contributed by atoms with Gasteiger partial charge in [0.15, 0.2) is 0 Å². The second kappa shape index (κ2) is 5.78.